The van der Waals surface area contributed by atoms with Crippen molar-refractivity contribution in [1.82, 2.24) is 30.0 Å². The Balaban J connectivity index is 0.721. The second-order valence-corrected chi connectivity index (χ2v) is 21.8. The van der Waals surface area contributed by atoms with E-state index in [1.54, 1.807) is 12.4 Å². The van der Waals surface area contributed by atoms with Crippen molar-refractivity contribution in [3.63, 3.8) is 0 Å². The number of hydrogen-bond donors (Lipinski definition) is 14. The van der Waals surface area contributed by atoms with E-state index in [-0.39, 0.29) is 39.5 Å². The minimum atomic E-state index is -1.80. The molecule has 90 heavy (non-hydrogen) atoms. The molecule has 4 aliphatic heterocycles. The second-order valence-electron chi connectivity index (χ2n) is 21.8. The van der Waals surface area contributed by atoms with Crippen molar-refractivity contribution in [2.24, 2.45) is 0 Å². The molecule has 0 saturated carbocycles. The lowest BCUT2D eigenvalue weighted by molar-refractivity contribution is -0.360. The molecule has 4 fully saturated rings. The number of hydrogen-bond acceptors (Lipinski definition) is 28. The number of benzene rings is 4. The summed E-state index contributed by atoms with van der Waals surface area (Å²) in [4.78, 5) is 0. The molecule has 0 amide bonds. The van der Waals surface area contributed by atoms with Crippen molar-refractivity contribution in [3.8, 4) is 11.5 Å². The van der Waals surface area contributed by atoms with Gasteiger partial charge in [-0.15, -0.1) is 10.2 Å². The number of nitrogens with zero attached hydrogens (tertiary/aromatic N) is 6. The van der Waals surface area contributed by atoms with E-state index in [9.17, 15) is 71.5 Å². The summed E-state index contributed by atoms with van der Waals surface area (Å²) in [7, 11) is 0. The van der Waals surface area contributed by atoms with Gasteiger partial charge < -0.3 is 119 Å². The lowest BCUT2D eigenvalue weighted by atomic mass is 9.86. The number of aliphatic hydroxyl groups is 14. The molecule has 0 radical (unpaired) electrons. The molecule has 4 aliphatic rings. The molecule has 4 saturated heterocycles. The van der Waals surface area contributed by atoms with E-state index in [4.69, 9.17) is 47.4 Å². The molecule has 4 aromatic carbocycles. The molecule has 0 unspecified atom stereocenters. The first-order valence-electron chi connectivity index (χ1n) is 29.1. The van der Waals surface area contributed by atoms with E-state index in [2.05, 4.69) is 20.6 Å². The quantitative estimate of drug-likeness (QED) is 0.0233. The molecule has 488 valence electrons. The fourth-order valence-electron chi connectivity index (χ4n) is 10.8. The summed E-state index contributed by atoms with van der Waals surface area (Å²) < 4.78 is 60.2. The molecule has 10 rings (SSSR count). The molecule has 0 bridgehead atoms. The Morgan fingerprint density at radius 1 is 0.378 bits per heavy atom. The van der Waals surface area contributed by atoms with Gasteiger partial charge in [0.1, 0.15) is 134 Å². The minimum absolute atomic E-state index is 0.206. The molecule has 2 aromatic heterocycles. The summed E-state index contributed by atoms with van der Waals surface area (Å²) in [5.74, 6) is 1.19. The molecule has 14 N–H and O–H groups in total. The summed E-state index contributed by atoms with van der Waals surface area (Å²) >= 11 is 0. The first-order chi connectivity index (χ1) is 43.6. The predicted molar refractivity (Wildman–Crippen MR) is 304 cm³/mol. The first kappa shape index (κ1) is 66.5. The van der Waals surface area contributed by atoms with Crippen LogP contribution < -0.4 is 9.47 Å². The maximum absolute atomic E-state index is 11.0. The standard InChI is InChI=1S/C60H74N6O24/c67-25-39-45(71)47(73)51(77)59(85-39)89-55-41(27-69)87-57(53(79)49(55)75)83-29-35-23-65(63-61-35)19-21-81-37-15-11-33(12-16-37)43(31-7-3-1-4-8-31)44(32-9-5-2-6-10-32)34-13-17-38(18-14-34)82-22-20-66-24-36(62-64-66)30-84-58-54(80)50(76)56(42(28-70)88-58)90-60-52(78)48(74)46(72)40(26-68)86-60/h1-18,23-24,39-42,45-60,67-80H,19-22,25-30H2/b44-43+/t39-,40-,41-,42-,45+,46+,47+,48+,49-,50-,51-,52-,53-,54-,55-,56-,57-,58-,59+,60+/m1/s1. The van der Waals surface area contributed by atoms with Gasteiger partial charge in [0.15, 0.2) is 25.2 Å². The smallest absolute Gasteiger partial charge is 0.187 e. The summed E-state index contributed by atoms with van der Waals surface area (Å²) in [6.07, 6.45) is -28.6. The highest BCUT2D eigenvalue weighted by atomic mass is 16.8. The van der Waals surface area contributed by atoms with Gasteiger partial charge in [0.2, 0.25) is 0 Å². The van der Waals surface area contributed by atoms with Crippen molar-refractivity contribution in [2.45, 2.75) is 149 Å². The molecular formula is C60H74N6O24. The number of rotatable bonds is 26. The van der Waals surface area contributed by atoms with E-state index in [1.807, 2.05) is 109 Å². The highest BCUT2D eigenvalue weighted by Crippen LogP contribution is 2.39. The molecule has 0 spiro atoms. The van der Waals surface area contributed by atoms with E-state index in [1.165, 1.54) is 9.36 Å². The zero-order valence-corrected chi connectivity index (χ0v) is 48.2. The van der Waals surface area contributed by atoms with Crippen LogP contribution in [0.1, 0.15) is 33.6 Å². The molecule has 30 nitrogen and oxygen atoms in total. The van der Waals surface area contributed by atoms with Gasteiger partial charge in [0.05, 0.1) is 65.1 Å². The molecule has 6 aromatic rings. The normalized spacial score (nSPS) is 32.5. The van der Waals surface area contributed by atoms with Crippen molar-refractivity contribution in [3.05, 3.63) is 155 Å². The fraction of sp³-hybridized carbons (Fsp3) is 0.500. The molecule has 20 atom stereocenters. The molecule has 6 heterocycles. The largest absolute Gasteiger partial charge is 0.492 e. The fourth-order valence-corrected chi connectivity index (χ4v) is 10.8. The van der Waals surface area contributed by atoms with Gasteiger partial charge in [0, 0.05) is 0 Å². The topological polar surface area (TPSA) is 437 Å². The van der Waals surface area contributed by atoms with Gasteiger partial charge in [-0.1, -0.05) is 95.4 Å². The Bertz CT molecular complexity index is 2970. The average Bonchev–Trinajstić information content (AvgIpc) is 1.41. The zero-order chi connectivity index (χ0) is 63.6. The van der Waals surface area contributed by atoms with Crippen molar-refractivity contribution in [1.29, 1.82) is 0 Å². The van der Waals surface area contributed by atoms with Gasteiger partial charge in [-0.3, -0.25) is 0 Å². The number of aromatic nitrogens is 6. The third-order valence-corrected chi connectivity index (χ3v) is 15.7. The van der Waals surface area contributed by atoms with Crippen LogP contribution in [0.2, 0.25) is 0 Å². The summed E-state index contributed by atoms with van der Waals surface area (Å²) in [6, 6.07) is 35.5. The van der Waals surface area contributed by atoms with Crippen LogP contribution in [0.4, 0.5) is 0 Å². The van der Waals surface area contributed by atoms with Crippen LogP contribution in [-0.2, 0) is 64.2 Å². The summed E-state index contributed by atoms with van der Waals surface area (Å²) in [6.45, 7) is -2.34. The number of aliphatic hydroxyl groups excluding tert-OH is 14. The maximum Gasteiger partial charge on any atom is 0.187 e. The summed E-state index contributed by atoms with van der Waals surface area (Å²) in [5.41, 5.74) is 6.36. The molecule has 30 heteroatoms. The Morgan fingerprint density at radius 3 is 1.07 bits per heavy atom. The highest BCUT2D eigenvalue weighted by molar-refractivity contribution is 6.04. The van der Waals surface area contributed by atoms with Gasteiger partial charge in [-0.05, 0) is 57.7 Å². The minimum Gasteiger partial charge on any atom is -0.492 e. The van der Waals surface area contributed by atoms with E-state index < -0.39 is 149 Å². The first-order valence-corrected chi connectivity index (χ1v) is 29.1. The van der Waals surface area contributed by atoms with E-state index in [0.29, 0.717) is 22.9 Å². The predicted octanol–water partition coefficient (Wildman–Crippen LogP) is -3.68. The monoisotopic (exact) mass is 1260 g/mol. The SMILES string of the molecule is OC[C@H]1O[C@@H](O[C@H]2[C@H](O)[C@@H](O)[C@H](OCc3cn(CCOc4ccc(/C(=C(\c5ccccc5)c5ccc(OCCn6cc(CO[C@@H]7O[C@H](CO)[C@@H](O[C@@H]8O[C@H](CO)[C@H](O)[C@H](O)[C@H]8O)[C@H](O)[C@H]7O)nn6)cc5)c5ccccc5)cc4)nn3)O[C@@H]2CO)[C@H](O)[C@@H](O)[C@H]1O. The van der Waals surface area contributed by atoms with Crippen molar-refractivity contribution >= 4 is 11.1 Å². The van der Waals surface area contributed by atoms with E-state index in [0.717, 1.165) is 33.4 Å². The van der Waals surface area contributed by atoms with Crippen LogP contribution >= 0.6 is 0 Å². The van der Waals surface area contributed by atoms with Crippen LogP contribution in [0, 0.1) is 0 Å². The molecule has 0 aliphatic carbocycles. The highest BCUT2D eigenvalue weighted by Gasteiger charge is 2.53. The van der Waals surface area contributed by atoms with Crippen LogP contribution in [0.15, 0.2) is 122 Å². The Hall–Kier alpha value is -6.38. The van der Waals surface area contributed by atoms with E-state index >= 15 is 0 Å². The Kier molecular flexibility index (Phi) is 22.8. The van der Waals surface area contributed by atoms with Crippen LogP contribution in [0.25, 0.3) is 11.1 Å². The van der Waals surface area contributed by atoms with Crippen molar-refractivity contribution < 1.29 is 119 Å². The Morgan fingerprint density at radius 2 is 0.711 bits per heavy atom. The van der Waals surface area contributed by atoms with Crippen LogP contribution in [0.3, 0.4) is 0 Å². The third-order valence-electron chi connectivity index (χ3n) is 15.7. The average molecular weight is 1260 g/mol. The van der Waals surface area contributed by atoms with Gasteiger partial charge in [-0.25, -0.2) is 9.36 Å². The van der Waals surface area contributed by atoms with Gasteiger partial charge >= 0.3 is 0 Å². The third kappa shape index (κ3) is 15.4. The Labute approximate surface area is 514 Å². The lowest BCUT2D eigenvalue weighted by Gasteiger charge is -2.45. The zero-order valence-electron chi connectivity index (χ0n) is 48.2. The van der Waals surface area contributed by atoms with Crippen LogP contribution in [-0.4, -0.2) is 264 Å². The van der Waals surface area contributed by atoms with Gasteiger partial charge in [0.25, 0.3) is 0 Å². The second kappa shape index (κ2) is 30.8. The van der Waals surface area contributed by atoms with Crippen LogP contribution in [0.5, 0.6) is 11.5 Å². The lowest BCUT2D eigenvalue weighted by Crippen LogP contribution is -2.64. The maximum atomic E-state index is 11.0. The number of ether oxygens (including phenoxy) is 10. The molecular weight excluding hydrogens is 1190 g/mol. The van der Waals surface area contributed by atoms with Crippen molar-refractivity contribution in [2.75, 3.05) is 39.6 Å². The summed E-state index contributed by atoms with van der Waals surface area (Å²) in [5, 5.41) is 161. The van der Waals surface area contributed by atoms with Gasteiger partial charge in [-0.2, -0.15) is 0 Å².